The van der Waals surface area contributed by atoms with Crippen molar-refractivity contribution >= 4 is 27.2 Å². The SMILES string of the molecule is CCN(c1ccccc1)c1ccc(S(=O)(=O)O)cc1N. The lowest BCUT2D eigenvalue weighted by Crippen LogP contribution is -2.17. The zero-order chi connectivity index (χ0) is 14.8. The van der Waals surface area contributed by atoms with Crippen molar-refractivity contribution in [3.8, 4) is 0 Å². The van der Waals surface area contributed by atoms with Crippen LogP contribution in [0.2, 0.25) is 0 Å². The van der Waals surface area contributed by atoms with Gasteiger partial charge < -0.3 is 10.6 Å². The fraction of sp³-hybridized carbons (Fsp3) is 0.143. The van der Waals surface area contributed by atoms with E-state index in [1.807, 2.05) is 42.2 Å². The molecule has 106 valence electrons. The van der Waals surface area contributed by atoms with E-state index < -0.39 is 10.1 Å². The summed E-state index contributed by atoms with van der Waals surface area (Å²) in [6.45, 7) is 2.66. The first kappa shape index (κ1) is 14.4. The molecule has 0 unspecified atom stereocenters. The van der Waals surface area contributed by atoms with Gasteiger partial charge in [0.2, 0.25) is 0 Å². The second kappa shape index (κ2) is 5.52. The van der Waals surface area contributed by atoms with E-state index in [4.69, 9.17) is 10.3 Å². The van der Waals surface area contributed by atoms with Gasteiger partial charge in [-0.15, -0.1) is 0 Å². The maximum absolute atomic E-state index is 11.1. The van der Waals surface area contributed by atoms with Crippen LogP contribution in [0.3, 0.4) is 0 Å². The second-order valence-corrected chi connectivity index (χ2v) is 5.70. The minimum atomic E-state index is -4.24. The van der Waals surface area contributed by atoms with Gasteiger partial charge in [-0.2, -0.15) is 8.42 Å². The van der Waals surface area contributed by atoms with E-state index in [0.29, 0.717) is 17.9 Å². The Labute approximate surface area is 118 Å². The zero-order valence-electron chi connectivity index (χ0n) is 11.0. The Kier molecular flexibility index (Phi) is 3.96. The minimum Gasteiger partial charge on any atom is -0.397 e. The third kappa shape index (κ3) is 2.92. The molecule has 0 bridgehead atoms. The Balaban J connectivity index is 2.47. The average molecular weight is 292 g/mol. The number of benzene rings is 2. The summed E-state index contributed by atoms with van der Waals surface area (Å²) in [7, 11) is -4.24. The van der Waals surface area contributed by atoms with Crippen LogP contribution < -0.4 is 10.6 Å². The van der Waals surface area contributed by atoms with Gasteiger partial charge in [0.05, 0.1) is 16.3 Å². The predicted octanol–water partition coefficient (Wildman–Crippen LogP) is 2.67. The first-order valence-electron chi connectivity index (χ1n) is 6.13. The highest BCUT2D eigenvalue weighted by Crippen LogP contribution is 2.31. The molecule has 0 saturated heterocycles. The molecule has 2 aromatic rings. The smallest absolute Gasteiger partial charge is 0.294 e. The van der Waals surface area contributed by atoms with Gasteiger partial charge in [0.15, 0.2) is 0 Å². The Morgan fingerprint density at radius 2 is 1.80 bits per heavy atom. The van der Waals surface area contributed by atoms with Crippen LogP contribution in [0.5, 0.6) is 0 Å². The highest BCUT2D eigenvalue weighted by atomic mass is 32.2. The molecule has 0 atom stereocenters. The quantitative estimate of drug-likeness (QED) is 0.668. The molecule has 2 rings (SSSR count). The molecule has 0 aliphatic heterocycles. The molecule has 6 heteroatoms. The molecule has 3 N–H and O–H groups in total. The number of rotatable bonds is 4. The van der Waals surface area contributed by atoms with Crippen molar-refractivity contribution in [2.75, 3.05) is 17.2 Å². The lowest BCUT2D eigenvalue weighted by atomic mass is 10.2. The lowest BCUT2D eigenvalue weighted by molar-refractivity contribution is 0.483. The molecular formula is C14H16N2O3S. The maximum atomic E-state index is 11.1. The van der Waals surface area contributed by atoms with Crippen LogP contribution in [0.4, 0.5) is 17.1 Å². The second-order valence-electron chi connectivity index (χ2n) is 4.28. The van der Waals surface area contributed by atoms with Crippen molar-refractivity contribution in [2.24, 2.45) is 0 Å². The summed E-state index contributed by atoms with van der Waals surface area (Å²) >= 11 is 0. The van der Waals surface area contributed by atoms with Crippen LogP contribution in [0.1, 0.15) is 6.92 Å². The molecule has 0 heterocycles. The number of hydrogen-bond acceptors (Lipinski definition) is 4. The summed E-state index contributed by atoms with van der Waals surface area (Å²) in [4.78, 5) is 1.76. The molecule has 0 spiro atoms. The molecule has 0 amide bonds. The van der Waals surface area contributed by atoms with Crippen molar-refractivity contribution in [3.63, 3.8) is 0 Å². The first-order valence-corrected chi connectivity index (χ1v) is 7.57. The van der Waals surface area contributed by atoms with E-state index in [9.17, 15) is 8.42 Å². The van der Waals surface area contributed by atoms with Crippen molar-refractivity contribution < 1.29 is 13.0 Å². The van der Waals surface area contributed by atoms with Crippen LogP contribution in [0.25, 0.3) is 0 Å². The molecule has 0 aliphatic carbocycles. The van der Waals surface area contributed by atoms with Crippen LogP contribution in [0, 0.1) is 0 Å². The predicted molar refractivity (Wildman–Crippen MR) is 79.8 cm³/mol. The number of nitrogens with two attached hydrogens (primary N) is 1. The Bertz CT molecular complexity index is 700. The first-order chi connectivity index (χ1) is 9.43. The van der Waals surface area contributed by atoms with Crippen LogP contribution in [-0.2, 0) is 10.1 Å². The van der Waals surface area contributed by atoms with Gasteiger partial charge in [0.1, 0.15) is 0 Å². The fourth-order valence-corrected chi connectivity index (χ4v) is 2.55. The highest BCUT2D eigenvalue weighted by molar-refractivity contribution is 7.85. The summed E-state index contributed by atoms with van der Waals surface area (Å²) in [5.41, 5.74) is 7.87. The Hall–Kier alpha value is -2.05. The fourth-order valence-electron chi connectivity index (χ4n) is 2.04. The lowest BCUT2D eigenvalue weighted by Gasteiger charge is -2.25. The molecule has 20 heavy (non-hydrogen) atoms. The van der Waals surface area contributed by atoms with Gasteiger partial charge in [-0.05, 0) is 37.3 Å². The van der Waals surface area contributed by atoms with E-state index >= 15 is 0 Å². The molecule has 0 aromatic heterocycles. The van der Waals surface area contributed by atoms with Crippen LogP contribution >= 0.6 is 0 Å². The maximum Gasteiger partial charge on any atom is 0.294 e. The molecule has 0 aliphatic rings. The van der Waals surface area contributed by atoms with Gasteiger partial charge in [-0.1, -0.05) is 18.2 Å². The number of nitrogen functional groups attached to an aromatic ring is 1. The monoisotopic (exact) mass is 292 g/mol. The average Bonchev–Trinajstić information content (AvgIpc) is 2.41. The highest BCUT2D eigenvalue weighted by Gasteiger charge is 2.15. The number of hydrogen-bond donors (Lipinski definition) is 2. The number of anilines is 3. The third-order valence-corrected chi connectivity index (χ3v) is 3.82. The summed E-state index contributed by atoms with van der Waals surface area (Å²) < 4.78 is 31.2. The Morgan fingerprint density at radius 3 is 2.30 bits per heavy atom. The summed E-state index contributed by atoms with van der Waals surface area (Å²) in [5, 5.41) is 0. The molecule has 0 saturated carbocycles. The number of nitrogens with zero attached hydrogens (tertiary/aromatic N) is 1. The van der Waals surface area contributed by atoms with E-state index in [2.05, 4.69) is 0 Å². The van der Waals surface area contributed by atoms with Crippen LogP contribution in [-0.4, -0.2) is 19.5 Å². The minimum absolute atomic E-state index is 0.206. The summed E-state index contributed by atoms with van der Waals surface area (Å²) in [5.74, 6) is 0. The third-order valence-electron chi connectivity index (χ3n) is 2.97. The molecule has 0 fully saturated rings. The Morgan fingerprint density at radius 1 is 1.15 bits per heavy atom. The van der Waals surface area contributed by atoms with Crippen molar-refractivity contribution in [1.29, 1.82) is 0 Å². The van der Waals surface area contributed by atoms with Gasteiger partial charge in [0, 0.05) is 12.2 Å². The van der Waals surface area contributed by atoms with Crippen molar-refractivity contribution in [2.45, 2.75) is 11.8 Å². The number of para-hydroxylation sites is 1. The topological polar surface area (TPSA) is 83.6 Å². The van der Waals surface area contributed by atoms with Gasteiger partial charge in [-0.25, -0.2) is 0 Å². The molecule has 5 nitrogen and oxygen atoms in total. The van der Waals surface area contributed by atoms with E-state index in [0.717, 1.165) is 5.69 Å². The van der Waals surface area contributed by atoms with E-state index in [-0.39, 0.29) is 4.90 Å². The normalized spacial score (nSPS) is 11.3. The van der Waals surface area contributed by atoms with Gasteiger partial charge in [0.25, 0.3) is 10.1 Å². The standard InChI is InChI=1S/C14H16N2O3S/c1-2-16(11-6-4-3-5-7-11)14-9-8-12(10-13(14)15)20(17,18)19/h3-10H,2,15H2,1H3,(H,17,18,19). The van der Waals surface area contributed by atoms with Crippen LogP contribution in [0.15, 0.2) is 53.4 Å². The molecule has 2 aromatic carbocycles. The molecular weight excluding hydrogens is 276 g/mol. The molecule has 0 radical (unpaired) electrons. The zero-order valence-corrected chi connectivity index (χ0v) is 11.8. The summed E-state index contributed by atoms with van der Waals surface area (Å²) in [6.07, 6.45) is 0. The summed E-state index contributed by atoms with van der Waals surface area (Å²) in [6, 6.07) is 13.8. The van der Waals surface area contributed by atoms with Gasteiger partial charge >= 0.3 is 0 Å². The van der Waals surface area contributed by atoms with E-state index in [1.54, 1.807) is 6.07 Å². The van der Waals surface area contributed by atoms with Gasteiger partial charge in [-0.3, -0.25) is 4.55 Å². The van der Waals surface area contributed by atoms with Crippen molar-refractivity contribution in [1.82, 2.24) is 0 Å². The largest absolute Gasteiger partial charge is 0.397 e. The van der Waals surface area contributed by atoms with Crippen molar-refractivity contribution in [3.05, 3.63) is 48.5 Å². The van der Waals surface area contributed by atoms with E-state index in [1.165, 1.54) is 12.1 Å².